The number of nitro benzene ring substituents is 1. The molecule has 0 amide bonds. The molecule has 1 atom stereocenters. The topological polar surface area (TPSA) is 87.9 Å². The summed E-state index contributed by atoms with van der Waals surface area (Å²) in [5.74, 6) is -0.00304. The standard InChI is InChI=1S/C18H18BrNO6/c1-4-15(26-18(21)11-5-7-12(19)8-6-11)13-9-16(24-2)17(25-3)10-14(13)20(22)23/h5-10,15H,4H2,1-3H3. The third-order valence-corrected chi connectivity index (χ3v) is 4.31. The number of hydrogen-bond acceptors (Lipinski definition) is 6. The number of halogens is 1. The highest BCUT2D eigenvalue weighted by atomic mass is 79.9. The summed E-state index contributed by atoms with van der Waals surface area (Å²) in [4.78, 5) is 23.3. The number of nitrogens with zero attached hydrogens (tertiary/aromatic N) is 1. The summed E-state index contributed by atoms with van der Waals surface area (Å²) in [5.41, 5.74) is 0.411. The third-order valence-electron chi connectivity index (χ3n) is 3.78. The number of carbonyl (C=O) groups is 1. The van der Waals surface area contributed by atoms with Gasteiger partial charge in [0.25, 0.3) is 5.69 Å². The minimum atomic E-state index is -0.800. The van der Waals surface area contributed by atoms with Crippen molar-refractivity contribution in [3.8, 4) is 11.5 Å². The van der Waals surface area contributed by atoms with E-state index in [1.54, 1.807) is 31.2 Å². The van der Waals surface area contributed by atoms with E-state index in [0.717, 1.165) is 4.47 Å². The van der Waals surface area contributed by atoms with Gasteiger partial charge in [-0.3, -0.25) is 10.1 Å². The van der Waals surface area contributed by atoms with Gasteiger partial charge in [0.1, 0.15) is 6.10 Å². The molecule has 2 aromatic carbocycles. The molecule has 0 saturated heterocycles. The first kappa shape index (κ1) is 19.7. The maximum Gasteiger partial charge on any atom is 0.338 e. The van der Waals surface area contributed by atoms with Crippen molar-refractivity contribution in [1.82, 2.24) is 0 Å². The summed E-state index contributed by atoms with van der Waals surface area (Å²) in [5, 5.41) is 11.5. The Morgan fingerprint density at radius 2 is 1.73 bits per heavy atom. The van der Waals surface area contributed by atoms with Crippen LogP contribution in [0.4, 0.5) is 5.69 Å². The number of carbonyl (C=O) groups excluding carboxylic acids is 1. The van der Waals surface area contributed by atoms with Crippen molar-refractivity contribution in [3.63, 3.8) is 0 Å². The Balaban J connectivity index is 2.40. The van der Waals surface area contributed by atoms with E-state index in [9.17, 15) is 14.9 Å². The molecule has 0 bridgehead atoms. The Hall–Kier alpha value is -2.61. The van der Waals surface area contributed by atoms with E-state index in [0.29, 0.717) is 17.7 Å². The molecule has 1 unspecified atom stereocenters. The molecule has 138 valence electrons. The predicted molar refractivity (Wildman–Crippen MR) is 98.8 cm³/mol. The Bertz CT molecular complexity index is 806. The van der Waals surface area contributed by atoms with Crippen LogP contribution in [0.1, 0.15) is 35.4 Å². The number of esters is 1. The molecular formula is C18H18BrNO6. The molecule has 0 aromatic heterocycles. The minimum Gasteiger partial charge on any atom is -0.493 e. The van der Waals surface area contributed by atoms with E-state index >= 15 is 0 Å². The largest absolute Gasteiger partial charge is 0.493 e. The molecule has 26 heavy (non-hydrogen) atoms. The van der Waals surface area contributed by atoms with Gasteiger partial charge in [-0.05, 0) is 36.8 Å². The van der Waals surface area contributed by atoms with Crippen molar-refractivity contribution in [2.75, 3.05) is 14.2 Å². The second-order valence-corrected chi connectivity index (χ2v) is 6.25. The lowest BCUT2D eigenvalue weighted by molar-refractivity contribution is -0.386. The molecule has 0 saturated carbocycles. The summed E-state index contributed by atoms with van der Waals surface area (Å²) in [7, 11) is 2.83. The van der Waals surface area contributed by atoms with E-state index in [2.05, 4.69) is 15.9 Å². The van der Waals surface area contributed by atoms with Crippen molar-refractivity contribution in [2.24, 2.45) is 0 Å². The number of rotatable bonds is 7. The molecule has 0 aliphatic rings. The zero-order valence-corrected chi connectivity index (χ0v) is 16.1. The smallest absolute Gasteiger partial charge is 0.338 e. The Labute approximate surface area is 159 Å². The molecule has 7 nitrogen and oxygen atoms in total. The highest BCUT2D eigenvalue weighted by Crippen LogP contribution is 2.39. The lowest BCUT2D eigenvalue weighted by atomic mass is 10.0. The van der Waals surface area contributed by atoms with E-state index < -0.39 is 17.0 Å². The van der Waals surface area contributed by atoms with Gasteiger partial charge >= 0.3 is 5.97 Å². The fourth-order valence-electron chi connectivity index (χ4n) is 2.45. The maximum atomic E-state index is 12.4. The van der Waals surface area contributed by atoms with E-state index in [1.807, 2.05) is 0 Å². The van der Waals surface area contributed by atoms with Gasteiger partial charge in [-0.1, -0.05) is 22.9 Å². The molecule has 0 heterocycles. The molecular weight excluding hydrogens is 406 g/mol. The van der Waals surface area contributed by atoms with Gasteiger partial charge in [0, 0.05) is 4.47 Å². The molecule has 0 N–H and O–H groups in total. The van der Waals surface area contributed by atoms with Crippen molar-refractivity contribution >= 4 is 27.6 Å². The van der Waals surface area contributed by atoms with Crippen LogP contribution >= 0.6 is 15.9 Å². The molecule has 0 aliphatic carbocycles. The fourth-order valence-corrected chi connectivity index (χ4v) is 2.71. The highest BCUT2D eigenvalue weighted by molar-refractivity contribution is 9.10. The van der Waals surface area contributed by atoms with Crippen LogP contribution in [0.2, 0.25) is 0 Å². The molecule has 2 rings (SSSR count). The van der Waals surface area contributed by atoms with Crippen LogP contribution in [0.15, 0.2) is 40.9 Å². The highest BCUT2D eigenvalue weighted by Gasteiger charge is 2.27. The second kappa shape index (κ2) is 8.66. The number of hydrogen-bond donors (Lipinski definition) is 0. The summed E-state index contributed by atoms with van der Waals surface area (Å²) in [6, 6.07) is 9.40. The zero-order valence-electron chi connectivity index (χ0n) is 14.5. The van der Waals surface area contributed by atoms with Crippen molar-refractivity contribution in [3.05, 3.63) is 62.1 Å². The average Bonchev–Trinajstić information content (AvgIpc) is 2.65. The third kappa shape index (κ3) is 4.32. The predicted octanol–water partition coefficient (Wildman–Crippen LogP) is 4.68. The van der Waals surface area contributed by atoms with Gasteiger partial charge in [-0.2, -0.15) is 0 Å². The van der Waals surface area contributed by atoms with Gasteiger partial charge in [0.05, 0.1) is 36.3 Å². The Morgan fingerprint density at radius 3 is 2.23 bits per heavy atom. The first-order valence-electron chi connectivity index (χ1n) is 7.78. The summed E-state index contributed by atoms with van der Waals surface area (Å²) in [6.45, 7) is 1.78. The van der Waals surface area contributed by atoms with Crippen LogP contribution in [0.5, 0.6) is 11.5 Å². The molecule has 0 radical (unpaired) electrons. The quantitative estimate of drug-likeness (QED) is 0.364. The van der Waals surface area contributed by atoms with Crippen molar-refractivity contribution < 1.29 is 23.9 Å². The fraction of sp³-hybridized carbons (Fsp3) is 0.278. The van der Waals surface area contributed by atoms with Crippen LogP contribution in [-0.4, -0.2) is 25.1 Å². The first-order chi connectivity index (χ1) is 12.4. The molecule has 8 heteroatoms. The Morgan fingerprint density at radius 1 is 1.15 bits per heavy atom. The molecule has 0 aliphatic heterocycles. The Kier molecular flexibility index (Phi) is 6.57. The van der Waals surface area contributed by atoms with Gasteiger partial charge in [-0.15, -0.1) is 0 Å². The lowest BCUT2D eigenvalue weighted by Crippen LogP contribution is -2.13. The van der Waals surface area contributed by atoms with E-state index in [4.69, 9.17) is 14.2 Å². The first-order valence-corrected chi connectivity index (χ1v) is 8.57. The normalized spacial score (nSPS) is 11.5. The van der Waals surface area contributed by atoms with Gasteiger partial charge in [-0.25, -0.2) is 4.79 Å². The average molecular weight is 424 g/mol. The van der Waals surface area contributed by atoms with Crippen molar-refractivity contribution in [2.45, 2.75) is 19.4 Å². The summed E-state index contributed by atoms with van der Waals surface area (Å²) >= 11 is 3.30. The van der Waals surface area contributed by atoms with E-state index in [-0.39, 0.29) is 17.0 Å². The van der Waals surface area contributed by atoms with Gasteiger partial charge < -0.3 is 14.2 Å². The van der Waals surface area contributed by atoms with Gasteiger partial charge in [0.15, 0.2) is 11.5 Å². The van der Waals surface area contributed by atoms with Crippen LogP contribution in [-0.2, 0) is 4.74 Å². The summed E-state index contributed by atoms with van der Waals surface area (Å²) in [6.07, 6.45) is -0.440. The second-order valence-electron chi connectivity index (χ2n) is 5.33. The van der Waals surface area contributed by atoms with Crippen molar-refractivity contribution in [1.29, 1.82) is 0 Å². The van der Waals surface area contributed by atoms with Crippen LogP contribution in [0.25, 0.3) is 0 Å². The lowest BCUT2D eigenvalue weighted by Gasteiger charge is -2.18. The number of methoxy groups -OCH3 is 2. The molecule has 0 fully saturated rings. The number of benzene rings is 2. The molecule has 2 aromatic rings. The molecule has 0 spiro atoms. The maximum absolute atomic E-state index is 12.4. The zero-order chi connectivity index (χ0) is 19.3. The number of nitro groups is 1. The SMILES string of the molecule is CCC(OC(=O)c1ccc(Br)cc1)c1cc(OC)c(OC)cc1[N+](=O)[O-]. The van der Waals surface area contributed by atoms with Gasteiger partial charge in [0.2, 0.25) is 0 Å². The van der Waals surface area contributed by atoms with Crippen LogP contribution < -0.4 is 9.47 Å². The minimum absolute atomic E-state index is 0.196. The monoisotopic (exact) mass is 423 g/mol. The van der Waals surface area contributed by atoms with Crippen LogP contribution in [0, 0.1) is 10.1 Å². The summed E-state index contributed by atoms with van der Waals surface area (Å²) < 4.78 is 16.7. The number of ether oxygens (including phenoxy) is 3. The van der Waals surface area contributed by atoms with Crippen LogP contribution in [0.3, 0.4) is 0 Å². The van der Waals surface area contributed by atoms with E-state index in [1.165, 1.54) is 26.4 Å².